The van der Waals surface area contributed by atoms with E-state index in [0.717, 1.165) is 11.1 Å². The van der Waals surface area contributed by atoms with Gasteiger partial charge in [0, 0.05) is 56.2 Å². The Hall–Kier alpha value is -5.39. The molecule has 7 rings (SSSR count). The number of nitrogens with one attached hydrogen (secondary N) is 2. The van der Waals surface area contributed by atoms with Gasteiger partial charge in [-0.1, -0.05) is 18.2 Å². The highest BCUT2D eigenvalue weighted by Crippen LogP contribution is 2.28. The van der Waals surface area contributed by atoms with Gasteiger partial charge in [0.25, 0.3) is 17.4 Å². The monoisotopic (exact) mass is 625 g/mol. The van der Waals surface area contributed by atoms with Crippen LogP contribution in [0.2, 0.25) is 0 Å². The van der Waals surface area contributed by atoms with Gasteiger partial charge in [-0.2, -0.15) is 0 Å². The first-order valence-corrected chi connectivity index (χ1v) is 15.2. The lowest BCUT2D eigenvalue weighted by Crippen LogP contribution is -2.58. The third kappa shape index (κ3) is 6.65. The Kier molecular flexibility index (Phi) is 8.86. The molecule has 1 aromatic heterocycles. The second-order valence-corrected chi connectivity index (χ2v) is 11.4. The highest BCUT2D eigenvalue weighted by molar-refractivity contribution is 5.95. The first-order chi connectivity index (χ1) is 22.3. The lowest BCUT2D eigenvalue weighted by Gasteiger charge is -2.39. The molecule has 3 amide bonds. The fraction of sp³-hybridized carbons (Fsp3) is 0.324. The molecule has 4 aromatic rings. The number of carbonyl (C=O) groups excluding carboxylic acids is 3. The van der Waals surface area contributed by atoms with Gasteiger partial charge < -0.3 is 29.7 Å². The van der Waals surface area contributed by atoms with E-state index in [9.17, 15) is 19.2 Å². The summed E-state index contributed by atoms with van der Waals surface area (Å²) in [7, 11) is 1.54. The van der Waals surface area contributed by atoms with Gasteiger partial charge in [-0.3, -0.25) is 23.7 Å². The van der Waals surface area contributed by atoms with E-state index in [0.29, 0.717) is 46.7 Å². The Morgan fingerprint density at radius 1 is 1.09 bits per heavy atom. The van der Waals surface area contributed by atoms with Crippen LogP contribution in [0.25, 0.3) is 10.9 Å². The summed E-state index contributed by atoms with van der Waals surface area (Å²) in [6, 6.07) is 16.9. The van der Waals surface area contributed by atoms with Gasteiger partial charge in [-0.15, -0.1) is 0 Å². The molecule has 0 saturated carbocycles. The number of fused-ring (bicyclic) bond motifs is 8. The van der Waals surface area contributed by atoms with Crippen molar-refractivity contribution in [1.82, 2.24) is 25.1 Å². The number of hydrogen-bond donors (Lipinski definition) is 2. The van der Waals surface area contributed by atoms with Crippen LogP contribution in [0, 0.1) is 6.92 Å². The van der Waals surface area contributed by atoms with Gasteiger partial charge in [-0.05, 0) is 48.9 Å². The number of piperidine rings is 1. The number of nitrogens with zero attached hydrogens (tertiary/aromatic N) is 3. The van der Waals surface area contributed by atoms with Crippen molar-refractivity contribution in [2.75, 3.05) is 26.8 Å². The maximum Gasteiger partial charge on any atom is 0.261 e. The summed E-state index contributed by atoms with van der Waals surface area (Å²) in [6.45, 7) is 2.64. The van der Waals surface area contributed by atoms with Crippen molar-refractivity contribution in [3.8, 4) is 17.2 Å². The minimum atomic E-state index is -0.550. The number of rotatable bonds is 4. The molecule has 3 aliphatic rings. The number of aromatic nitrogens is 2. The van der Waals surface area contributed by atoms with Gasteiger partial charge in [0.2, 0.25) is 5.91 Å². The summed E-state index contributed by atoms with van der Waals surface area (Å²) in [4.78, 5) is 58.5. The first-order valence-electron chi connectivity index (χ1n) is 15.2. The standard InChI is InChI=1S/C34H35N5O7/c1-21-7-8-22-15-29(21)45-19-31(40)35-17-23-9-10-24(16-30(23)44-2)46-28-11-13-38(18-27(28)37-33(22)42)32(41)12-14-39-20-36-26-6-4-3-5-25(26)34(39)43/h3-10,15-16,20,27-28H,11-14,17-19H2,1-2H3,(H,35,40)(H,37,42)/t27-,28+/m0/s1. The number of likely N-dealkylation sites (tertiary alicyclic amines) is 1. The number of aryl methyl sites for hydroxylation is 2. The Morgan fingerprint density at radius 2 is 1.93 bits per heavy atom. The van der Waals surface area contributed by atoms with Crippen LogP contribution in [0.1, 0.15) is 34.3 Å². The first kappa shape index (κ1) is 30.6. The van der Waals surface area contributed by atoms with Crippen LogP contribution in [0.4, 0.5) is 0 Å². The second-order valence-electron chi connectivity index (χ2n) is 11.4. The van der Waals surface area contributed by atoms with Gasteiger partial charge in [0.15, 0.2) is 6.61 Å². The molecule has 4 heterocycles. The maximum absolute atomic E-state index is 13.5. The molecule has 3 aromatic carbocycles. The van der Waals surface area contributed by atoms with Crippen molar-refractivity contribution in [3.63, 3.8) is 0 Å². The summed E-state index contributed by atoms with van der Waals surface area (Å²) in [6.07, 6.45) is 1.56. The van der Waals surface area contributed by atoms with Crippen molar-refractivity contribution < 1.29 is 28.6 Å². The van der Waals surface area contributed by atoms with Gasteiger partial charge in [0.1, 0.15) is 23.4 Å². The predicted molar refractivity (Wildman–Crippen MR) is 169 cm³/mol. The molecular formula is C34H35N5O7. The SMILES string of the molecule is COc1cc2ccc1CNC(=O)COc1cc(ccc1C)C(=O)N[C@H]1CN(C(=O)CCn3cnc4ccccc4c3=O)CC[C@H]1O2. The molecule has 2 N–H and O–H groups in total. The molecular weight excluding hydrogens is 590 g/mol. The molecule has 1 saturated heterocycles. The molecule has 3 aliphatic heterocycles. The molecule has 238 valence electrons. The third-order valence-electron chi connectivity index (χ3n) is 8.35. The van der Waals surface area contributed by atoms with E-state index in [1.54, 1.807) is 60.5 Å². The molecule has 4 bridgehead atoms. The highest BCUT2D eigenvalue weighted by Gasteiger charge is 2.34. The molecule has 2 atom stereocenters. The average molecular weight is 626 g/mol. The summed E-state index contributed by atoms with van der Waals surface area (Å²) in [5, 5.41) is 6.40. The molecule has 12 nitrogen and oxygen atoms in total. The molecule has 0 spiro atoms. The Labute approximate surface area is 265 Å². The topological polar surface area (TPSA) is 141 Å². The van der Waals surface area contributed by atoms with Crippen molar-refractivity contribution in [2.24, 2.45) is 0 Å². The van der Waals surface area contributed by atoms with Crippen molar-refractivity contribution in [3.05, 3.63) is 94.0 Å². The van der Waals surface area contributed by atoms with Crippen LogP contribution < -0.4 is 30.4 Å². The minimum absolute atomic E-state index is 0.0934. The van der Waals surface area contributed by atoms with E-state index in [1.165, 1.54) is 10.9 Å². The van der Waals surface area contributed by atoms with Gasteiger partial charge in [-0.25, -0.2) is 4.98 Å². The molecule has 46 heavy (non-hydrogen) atoms. The molecule has 0 unspecified atom stereocenters. The highest BCUT2D eigenvalue weighted by atomic mass is 16.5. The largest absolute Gasteiger partial charge is 0.496 e. The van der Waals surface area contributed by atoms with Crippen LogP contribution >= 0.6 is 0 Å². The molecule has 12 heteroatoms. The quantitative estimate of drug-likeness (QED) is 0.353. The van der Waals surface area contributed by atoms with Crippen LogP contribution in [0.15, 0.2) is 71.8 Å². The van der Waals surface area contributed by atoms with E-state index in [4.69, 9.17) is 14.2 Å². The zero-order chi connectivity index (χ0) is 32.2. The molecule has 0 aliphatic carbocycles. The normalized spacial score (nSPS) is 18.4. The zero-order valence-corrected chi connectivity index (χ0v) is 25.7. The van der Waals surface area contributed by atoms with Crippen molar-refractivity contribution in [1.29, 1.82) is 0 Å². The lowest BCUT2D eigenvalue weighted by atomic mass is 10.00. The number of carbonyl (C=O) groups is 3. The van der Waals surface area contributed by atoms with E-state index >= 15 is 0 Å². The fourth-order valence-electron chi connectivity index (χ4n) is 5.73. The summed E-state index contributed by atoms with van der Waals surface area (Å²) in [5.41, 5.74) is 2.29. The number of methoxy groups -OCH3 is 1. The summed E-state index contributed by atoms with van der Waals surface area (Å²) in [5.74, 6) is 0.652. The fourth-order valence-corrected chi connectivity index (χ4v) is 5.73. The number of amides is 3. The van der Waals surface area contributed by atoms with Crippen LogP contribution in [-0.2, 0) is 22.7 Å². The number of hydrogen-bond acceptors (Lipinski definition) is 8. The van der Waals surface area contributed by atoms with Crippen LogP contribution in [0.5, 0.6) is 17.2 Å². The maximum atomic E-state index is 13.5. The van der Waals surface area contributed by atoms with Gasteiger partial charge >= 0.3 is 0 Å². The average Bonchev–Trinajstić information content (AvgIpc) is 3.07. The molecule has 0 radical (unpaired) electrons. The van der Waals surface area contributed by atoms with Gasteiger partial charge in [0.05, 0.1) is 30.4 Å². The van der Waals surface area contributed by atoms with Crippen molar-refractivity contribution >= 4 is 28.6 Å². The van der Waals surface area contributed by atoms with Crippen LogP contribution in [0.3, 0.4) is 0 Å². The number of para-hydroxylation sites is 1. The Bertz CT molecular complexity index is 1860. The van der Waals surface area contributed by atoms with E-state index in [1.807, 2.05) is 19.1 Å². The van der Waals surface area contributed by atoms with E-state index < -0.39 is 12.1 Å². The second kappa shape index (κ2) is 13.3. The lowest BCUT2D eigenvalue weighted by molar-refractivity contribution is -0.134. The van der Waals surface area contributed by atoms with Crippen molar-refractivity contribution in [2.45, 2.75) is 45.0 Å². The smallest absolute Gasteiger partial charge is 0.261 e. The summed E-state index contributed by atoms with van der Waals surface area (Å²) >= 11 is 0. The third-order valence-corrected chi connectivity index (χ3v) is 8.35. The zero-order valence-electron chi connectivity index (χ0n) is 25.7. The van der Waals surface area contributed by atoms with E-state index in [-0.39, 0.29) is 55.9 Å². The van der Waals surface area contributed by atoms with Crippen LogP contribution in [-0.4, -0.2) is 71.1 Å². The molecule has 1 fully saturated rings. The predicted octanol–water partition coefficient (Wildman–Crippen LogP) is 2.59. The number of ether oxygens (including phenoxy) is 3. The summed E-state index contributed by atoms with van der Waals surface area (Å²) < 4.78 is 19.2. The van der Waals surface area contributed by atoms with E-state index in [2.05, 4.69) is 15.6 Å². The Morgan fingerprint density at radius 3 is 2.78 bits per heavy atom. The Balaban J connectivity index is 1.23. The number of benzene rings is 3. The minimum Gasteiger partial charge on any atom is -0.496 e.